The molecular formula is C30H23FN2O. The minimum atomic E-state index is -0.540. The zero-order valence-electron chi connectivity index (χ0n) is 18.6. The largest absolute Gasteiger partial charge is 0.372 e. The van der Waals surface area contributed by atoms with Crippen LogP contribution >= 0.6 is 0 Å². The molecule has 0 bridgehead atoms. The number of rotatable bonds is 5. The average Bonchev–Trinajstić information content (AvgIpc) is 3.05. The highest BCUT2D eigenvalue weighted by Gasteiger charge is 2.18. The normalized spacial score (nSPS) is 13.1. The lowest BCUT2D eigenvalue weighted by atomic mass is 9.93. The molecule has 1 aliphatic heterocycles. The fourth-order valence-corrected chi connectivity index (χ4v) is 4.38. The molecule has 1 aliphatic rings. The third-order valence-corrected chi connectivity index (χ3v) is 6.00. The number of hydrogen-bond acceptors (Lipinski definition) is 3. The number of fused-ring (bicyclic) bond motifs is 3. The van der Waals surface area contributed by atoms with Crippen molar-refractivity contribution in [1.29, 1.82) is 5.26 Å². The summed E-state index contributed by atoms with van der Waals surface area (Å²) in [6.07, 6.45) is 0.489. The van der Waals surface area contributed by atoms with E-state index in [0.717, 1.165) is 44.7 Å². The van der Waals surface area contributed by atoms with Crippen molar-refractivity contribution in [3.63, 3.8) is 0 Å². The van der Waals surface area contributed by atoms with E-state index in [1.807, 2.05) is 78.9 Å². The summed E-state index contributed by atoms with van der Waals surface area (Å²) in [4.78, 5) is 4.89. The number of benzene rings is 4. The Morgan fingerprint density at radius 3 is 2.03 bits per heavy atom. The molecule has 0 amide bonds. The summed E-state index contributed by atoms with van der Waals surface area (Å²) < 4.78 is 19.5. The fourth-order valence-electron chi connectivity index (χ4n) is 4.38. The van der Waals surface area contributed by atoms with Gasteiger partial charge in [-0.1, -0.05) is 84.9 Å². The van der Waals surface area contributed by atoms with Crippen LogP contribution < -0.4 is 0 Å². The van der Waals surface area contributed by atoms with E-state index in [4.69, 9.17) is 9.73 Å². The van der Waals surface area contributed by atoms with Crippen LogP contribution in [0.15, 0.2) is 102 Å². The molecule has 0 radical (unpaired) electrons. The molecule has 1 unspecified atom stereocenters. The van der Waals surface area contributed by atoms with Crippen LogP contribution in [0.25, 0.3) is 11.1 Å². The van der Waals surface area contributed by atoms with E-state index in [-0.39, 0.29) is 5.82 Å². The zero-order valence-corrected chi connectivity index (χ0v) is 18.6. The monoisotopic (exact) mass is 446 g/mol. The SMILES string of the molecule is N#CC(Cc1ccc2c(c1)COCc1cc(F)ccc1-2)N=C(c1ccccc1)c1ccccc1. The van der Waals surface area contributed by atoms with Crippen LogP contribution in [-0.4, -0.2) is 11.8 Å². The Morgan fingerprint density at radius 1 is 0.824 bits per heavy atom. The molecule has 5 rings (SSSR count). The number of hydrogen-bond donors (Lipinski definition) is 0. The highest BCUT2D eigenvalue weighted by atomic mass is 19.1. The Balaban J connectivity index is 1.47. The first-order valence-electron chi connectivity index (χ1n) is 11.3. The van der Waals surface area contributed by atoms with Crippen LogP contribution in [0.3, 0.4) is 0 Å². The first-order valence-corrected chi connectivity index (χ1v) is 11.3. The van der Waals surface area contributed by atoms with Gasteiger partial charge in [0.1, 0.15) is 11.9 Å². The van der Waals surface area contributed by atoms with E-state index >= 15 is 0 Å². The molecule has 4 heteroatoms. The van der Waals surface area contributed by atoms with Gasteiger partial charge < -0.3 is 4.74 Å². The maximum absolute atomic E-state index is 13.7. The van der Waals surface area contributed by atoms with Gasteiger partial charge in [0.15, 0.2) is 0 Å². The summed E-state index contributed by atoms with van der Waals surface area (Å²) in [6.45, 7) is 0.818. The first kappa shape index (κ1) is 21.8. The van der Waals surface area contributed by atoms with Crippen molar-refractivity contribution >= 4 is 5.71 Å². The third kappa shape index (κ3) is 4.66. The summed E-state index contributed by atoms with van der Waals surface area (Å²) in [6, 6.07) is 32.7. The van der Waals surface area contributed by atoms with E-state index in [2.05, 4.69) is 12.1 Å². The van der Waals surface area contributed by atoms with Crippen molar-refractivity contribution in [3.05, 3.63) is 131 Å². The maximum Gasteiger partial charge on any atom is 0.141 e. The second-order valence-electron chi connectivity index (χ2n) is 8.34. The standard InChI is InChI=1S/C30H23FN2O/c31-26-12-14-29-25(17-26)20-34-19-24-15-21(11-13-28(24)29)16-27(18-32)33-30(22-7-3-1-4-8-22)23-9-5-2-6-10-23/h1-15,17,27H,16,19-20H2. The molecule has 0 saturated carbocycles. The number of ether oxygens (including phenoxy) is 1. The highest BCUT2D eigenvalue weighted by molar-refractivity contribution is 6.13. The van der Waals surface area contributed by atoms with Crippen molar-refractivity contribution in [1.82, 2.24) is 0 Å². The number of aliphatic imine (C=N–C) groups is 1. The molecule has 0 aromatic heterocycles. The fraction of sp³-hybridized carbons (Fsp3) is 0.133. The Kier molecular flexibility index (Phi) is 6.29. The predicted octanol–water partition coefficient (Wildman–Crippen LogP) is 6.50. The quantitative estimate of drug-likeness (QED) is 0.329. The molecule has 0 spiro atoms. The van der Waals surface area contributed by atoms with Crippen LogP contribution in [0, 0.1) is 17.1 Å². The van der Waals surface area contributed by atoms with Gasteiger partial charge in [0.25, 0.3) is 0 Å². The number of nitrogens with zero attached hydrogens (tertiary/aromatic N) is 2. The summed E-state index contributed by atoms with van der Waals surface area (Å²) in [5, 5.41) is 9.95. The van der Waals surface area contributed by atoms with Crippen molar-refractivity contribution in [2.24, 2.45) is 4.99 Å². The minimum absolute atomic E-state index is 0.259. The molecule has 0 aliphatic carbocycles. The van der Waals surface area contributed by atoms with Crippen LogP contribution in [-0.2, 0) is 24.4 Å². The predicted molar refractivity (Wildman–Crippen MR) is 132 cm³/mol. The molecule has 0 fully saturated rings. The van der Waals surface area contributed by atoms with Crippen molar-refractivity contribution in [3.8, 4) is 17.2 Å². The Morgan fingerprint density at radius 2 is 1.41 bits per heavy atom. The Bertz CT molecular complexity index is 1330. The molecule has 166 valence electrons. The summed E-state index contributed by atoms with van der Waals surface area (Å²) in [5.41, 5.74) is 7.70. The van der Waals surface area contributed by atoms with Gasteiger partial charge in [-0.2, -0.15) is 5.26 Å². The first-order chi connectivity index (χ1) is 16.7. The second-order valence-corrected chi connectivity index (χ2v) is 8.34. The van der Waals surface area contributed by atoms with Gasteiger partial charge in [0.2, 0.25) is 0 Å². The van der Waals surface area contributed by atoms with Crippen molar-refractivity contribution < 1.29 is 9.13 Å². The topological polar surface area (TPSA) is 45.4 Å². The average molecular weight is 447 g/mol. The van der Waals surface area contributed by atoms with Gasteiger partial charge >= 0.3 is 0 Å². The molecule has 34 heavy (non-hydrogen) atoms. The summed E-state index contributed by atoms with van der Waals surface area (Å²) >= 11 is 0. The third-order valence-electron chi connectivity index (χ3n) is 6.00. The molecule has 0 N–H and O–H groups in total. The highest BCUT2D eigenvalue weighted by Crippen LogP contribution is 2.33. The molecule has 1 heterocycles. The maximum atomic E-state index is 13.7. The van der Waals surface area contributed by atoms with E-state index < -0.39 is 6.04 Å². The lowest BCUT2D eigenvalue weighted by Crippen LogP contribution is -2.13. The van der Waals surface area contributed by atoms with Crippen LogP contribution in [0.4, 0.5) is 4.39 Å². The van der Waals surface area contributed by atoms with E-state index in [0.29, 0.717) is 19.6 Å². The van der Waals surface area contributed by atoms with Gasteiger partial charge in [-0.15, -0.1) is 0 Å². The van der Waals surface area contributed by atoms with E-state index in [1.165, 1.54) is 12.1 Å². The van der Waals surface area contributed by atoms with Crippen LogP contribution in [0.2, 0.25) is 0 Å². The molecule has 4 aromatic carbocycles. The molecule has 3 nitrogen and oxygen atoms in total. The lowest BCUT2D eigenvalue weighted by Gasteiger charge is -2.13. The van der Waals surface area contributed by atoms with Gasteiger partial charge in [0.05, 0.1) is 25.0 Å². The van der Waals surface area contributed by atoms with E-state index in [9.17, 15) is 9.65 Å². The van der Waals surface area contributed by atoms with E-state index in [1.54, 1.807) is 0 Å². The molecule has 0 saturated heterocycles. The van der Waals surface area contributed by atoms with Gasteiger partial charge in [-0.3, -0.25) is 4.99 Å². The van der Waals surface area contributed by atoms with Gasteiger partial charge in [-0.05, 0) is 39.9 Å². The zero-order chi connectivity index (χ0) is 23.3. The number of nitriles is 1. The van der Waals surface area contributed by atoms with Gasteiger partial charge in [0, 0.05) is 17.5 Å². The van der Waals surface area contributed by atoms with Crippen LogP contribution in [0.5, 0.6) is 0 Å². The van der Waals surface area contributed by atoms with Gasteiger partial charge in [-0.25, -0.2) is 4.39 Å². The Labute approximate surface area is 198 Å². The second kappa shape index (κ2) is 9.82. The summed E-state index contributed by atoms with van der Waals surface area (Å²) in [5.74, 6) is -0.259. The number of halogens is 1. The van der Waals surface area contributed by atoms with Crippen molar-refractivity contribution in [2.75, 3.05) is 0 Å². The van der Waals surface area contributed by atoms with Crippen molar-refractivity contribution in [2.45, 2.75) is 25.7 Å². The summed E-state index contributed by atoms with van der Waals surface area (Å²) in [7, 11) is 0. The minimum Gasteiger partial charge on any atom is -0.372 e. The van der Waals surface area contributed by atoms with Crippen LogP contribution in [0.1, 0.15) is 27.8 Å². The molecule has 4 aromatic rings. The lowest BCUT2D eigenvalue weighted by molar-refractivity contribution is 0.109. The Hall–Kier alpha value is -4.07. The smallest absolute Gasteiger partial charge is 0.141 e. The molecule has 1 atom stereocenters. The molecular weight excluding hydrogens is 423 g/mol.